The molecular weight excluding hydrogens is 362 g/mol. The number of carbonyl (C=O) groups is 2. The maximum Gasteiger partial charge on any atom is 0.412 e. The van der Waals surface area contributed by atoms with Crippen LogP contribution in [0.2, 0.25) is 0 Å². The Hall–Kier alpha value is -3.00. The van der Waals surface area contributed by atoms with Crippen molar-refractivity contribution in [1.29, 1.82) is 0 Å². The molecule has 0 bridgehead atoms. The molecule has 0 unspecified atom stereocenters. The minimum Gasteiger partial charge on any atom is -0.490 e. The van der Waals surface area contributed by atoms with Crippen LogP contribution in [0.5, 0.6) is 11.5 Å². The minimum absolute atomic E-state index is 0.0704. The molecule has 0 radical (unpaired) electrons. The quantitative estimate of drug-likeness (QED) is 0.819. The third kappa shape index (κ3) is 4.83. The molecule has 1 fully saturated rings. The van der Waals surface area contributed by atoms with Gasteiger partial charge in [-0.1, -0.05) is 6.07 Å². The first-order valence-electron chi connectivity index (χ1n) is 9.31. The van der Waals surface area contributed by atoms with Crippen molar-refractivity contribution in [2.45, 2.75) is 13.5 Å². The number of amides is 2. The standard InChI is InChI=1S/C20H25N3O5/c1-3-26-18-13-15(6-7-16(18)28-20(25)21-2)14-22-8-10-23(11-9-22)19(24)17-5-4-12-27-17/h4-7,12-13H,3,8-11,14H2,1-2H3,(H,21,25). The van der Waals surface area contributed by atoms with Gasteiger partial charge in [0.25, 0.3) is 5.91 Å². The molecule has 2 amide bonds. The lowest BCUT2D eigenvalue weighted by Crippen LogP contribution is -2.48. The second-order valence-corrected chi connectivity index (χ2v) is 6.40. The number of ether oxygens (including phenoxy) is 2. The lowest BCUT2D eigenvalue weighted by molar-refractivity contribution is 0.0597. The van der Waals surface area contributed by atoms with Gasteiger partial charge in [-0.15, -0.1) is 0 Å². The van der Waals surface area contributed by atoms with Gasteiger partial charge in [0, 0.05) is 39.8 Å². The van der Waals surface area contributed by atoms with Gasteiger partial charge < -0.3 is 24.1 Å². The van der Waals surface area contributed by atoms with Crippen molar-refractivity contribution in [2.24, 2.45) is 0 Å². The Morgan fingerprint density at radius 3 is 2.57 bits per heavy atom. The third-order valence-electron chi connectivity index (χ3n) is 4.51. The van der Waals surface area contributed by atoms with E-state index in [9.17, 15) is 9.59 Å². The molecule has 150 valence electrons. The van der Waals surface area contributed by atoms with Crippen molar-refractivity contribution < 1.29 is 23.5 Å². The molecule has 0 atom stereocenters. The summed E-state index contributed by atoms with van der Waals surface area (Å²) >= 11 is 0. The highest BCUT2D eigenvalue weighted by atomic mass is 16.6. The molecule has 1 saturated heterocycles. The minimum atomic E-state index is -0.536. The van der Waals surface area contributed by atoms with Crippen LogP contribution in [0.3, 0.4) is 0 Å². The summed E-state index contributed by atoms with van der Waals surface area (Å²) in [4.78, 5) is 27.9. The number of nitrogens with one attached hydrogen (secondary N) is 1. The molecule has 8 nitrogen and oxygen atoms in total. The number of hydrogen-bond acceptors (Lipinski definition) is 6. The van der Waals surface area contributed by atoms with Crippen LogP contribution < -0.4 is 14.8 Å². The first-order valence-corrected chi connectivity index (χ1v) is 9.31. The molecule has 1 N–H and O–H groups in total. The van der Waals surface area contributed by atoms with E-state index < -0.39 is 6.09 Å². The van der Waals surface area contributed by atoms with E-state index in [-0.39, 0.29) is 5.91 Å². The third-order valence-corrected chi connectivity index (χ3v) is 4.51. The Kier molecular flexibility index (Phi) is 6.54. The Bertz CT molecular complexity index is 798. The van der Waals surface area contributed by atoms with E-state index in [1.165, 1.54) is 13.3 Å². The van der Waals surface area contributed by atoms with Gasteiger partial charge in [-0.25, -0.2) is 4.79 Å². The van der Waals surface area contributed by atoms with Crippen molar-refractivity contribution in [3.63, 3.8) is 0 Å². The lowest BCUT2D eigenvalue weighted by Gasteiger charge is -2.34. The average Bonchev–Trinajstić information content (AvgIpc) is 3.25. The van der Waals surface area contributed by atoms with E-state index in [0.717, 1.165) is 25.2 Å². The number of nitrogens with zero attached hydrogens (tertiary/aromatic N) is 2. The summed E-state index contributed by atoms with van der Waals surface area (Å²) in [7, 11) is 1.51. The van der Waals surface area contributed by atoms with Crippen molar-refractivity contribution in [1.82, 2.24) is 15.1 Å². The largest absolute Gasteiger partial charge is 0.490 e. The molecule has 2 heterocycles. The van der Waals surface area contributed by atoms with E-state index in [1.807, 2.05) is 19.1 Å². The predicted molar refractivity (Wildman–Crippen MR) is 103 cm³/mol. The predicted octanol–water partition coefficient (Wildman–Crippen LogP) is 2.35. The van der Waals surface area contributed by atoms with E-state index in [1.54, 1.807) is 23.1 Å². The number of carbonyl (C=O) groups excluding carboxylic acids is 2. The molecule has 1 aromatic heterocycles. The second-order valence-electron chi connectivity index (χ2n) is 6.40. The van der Waals surface area contributed by atoms with E-state index in [0.29, 0.717) is 37.0 Å². The zero-order valence-electron chi connectivity index (χ0n) is 16.1. The fourth-order valence-corrected chi connectivity index (χ4v) is 3.08. The summed E-state index contributed by atoms with van der Waals surface area (Å²) in [5.41, 5.74) is 1.05. The number of benzene rings is 1. The van der Waals surface area contributed by atoms with Gasteiger partial charge in [0.1, 0.15) is 0 Å². The van der Waals surface area contributed by atoms with Gasteiger partial charge in [0.15, 0.2) is 17.3 Å². The van der Waals surface area contributed by atoms with Crippen LogP contribution in [-0.2, 0) is 6.54 Å². The topological polar surface area (TPSA) is 84.2 Å². The number of hydrogen-bond donors (Lipinski definition) is 1. The van der Waals surface area contributed by atoms with Crippen LogP contribution in [0, 0.1) is 0 Å². The first-order chi connectivity index (χ1) is 13.6. The average molecular weight is 387 g/mol. The van der Waals surface area contributed by atoms with E-state index in [2.05, 4.69) is 10.2 Å². The molecule has 1 aliphatic heterocycles. The molecule has 1 aliphatic rings. The fourth-order valence-electron chi connectivity index (χ4n) is 3.08. The molecule has 2 aromatic rings. The Morgan fingerprint density at radius 2 is 1.93 bits per heavy atom. The molecule has 0 saturated carbocycles. The Morgan fingerprint density at radius 1 is 1.14 bits per heavy atom. The maximum atomic E-state index is 12.3. The molecule has 0 spiro atoms. The SMILES string of the molecule is CCOc1cc(CN2CCN(C(=O)c3ccco3)CC2)ccc1OC(=O)NC. The van der Waals surface area contributed by atoms with Crippen molar-refractivity contribution >= 4 is 12.0 Å². The fraction of sp³-hybridized carbons (Fsp3) is 0.400. The highest BCUT2D eigenvalue weighted by molar-refractivity contribution is 5.91. The first kappa shape index (κ1) is 19.8. The normalized spacial score (nSPS) is 14.6. The molecule has 8 heteroatoms. The molecule has 3 rings (SSSR count). The summed E-state index contributed by atoms with van der Waals surface area (Å²) < 4.78 is 16.0. The summed E-state index contributed by atoms with van der Waals surface area (Å²) in [6, 6.07) is 8.96. The second kappa shape index (κ2) is 9.27. The van der Waals surface area contributed by atoms with Gasteiger partial charge in [0.2, 0.25) is 0 Å². The smallest absolute Gasteiger partial charge is 0.412 e. The summed E-state index contributed by atoms with van der Waals surface area (Å²) in [5.74, 6) is 1.23. The van der Waals surface area contributed by atoms with Crippen LogP contribution in [0.4, 0.5) is 4.79 Å². The molecule has 0 aliphatic carbocycles. The van der Waals surface area contributed by atoms with E-state index in [4.69, 9.17) is 13.9 Å². The zero-order chi connectivity index (χ0) is 19.9. The van der Waals surface area contributed by atoms with Crippen molar-refractivity contribution in [3.05, 3.63) is 47.9 Å². The number of rotatable bonds is 6. The monoisotopic (exact) mass is 387 g/mol. The Labute approximate surface area is 164 Å². The van der Waals surface area contributed by atoms with Gasteiger partial charge in [0.05, 0.1) is 12.9 Å². The molecular formula is C20H25N3O5. The highest BCUT2D eigenvalue weighted by Crippen LogP contribution is 2.29. The van der Waals surface area contributed by atoms with Crippen LogP contribution in [0.25, 0.3) is 0 Å². The lowest BCUT2D eigenvalue weighted by atomic mass is 10.1. The summed E-state index contributed by atoms with van der Waals surface area (Å²) in [6.07, 6.45) is 0.975. The van der Waals surface area contributed by atoms with Gasteiger partial charge in [-0.3, -0.25) is 9.69 Å². The Balaban J connectivity index is 1.59. The van der Waals surface area contributed by atoms with Gasteiger partial charge in [-0.2, -0.15) is 0 Å². The molecule has 1 aromatic carbocycles. The summed E-state index contributed by atoms with van der Waals surface area (Å²) in [6.45, 7) is 5.92. The molecule has 28 heavy (non-hydrogen) atoms. The zero-order valence-corrected chi connectivity index (χ0v) is 16.1. The van der Waals surface area contributed by atoms with Crippen molar-refractivity contribution in [3.8, 4) is 11.5 Å². The number of piperazine rings is 1. The van der Waals surface area contributed by atoms with Crippen LogP contribution in [0.1, 0.15) is 23.0 Å². The summed E-state index contributed by atoms with van der Waals surface area (Å²) in [5, 5.41) is 2.42. The van der Waals surface area contributed by atoms with Crippen LogP contribution in [-0.4, -0.2) is 61.6 Å². The van der Waals surface area contributed by atoms with Gasteiger partial charge >= 0.3 is 6.09 Å². The van der Waals surface area contributed by atoms with Gasteiger partial charge in [-0.05, 0) is 36.8 Å². The van der Waals surface area contributed by atoms with Crippen LogP contribution >= 0.6 is 0 Å². The van der Waals surface area contributed by atoms with E-state index >= 15 is 0 Å². The maximum absolute atomic E-state index is 12.3. The van der Waals surface area contributed by atoms with Crippen LogP contribution in [0.15, 0.2) is 41.0 Å². The van der Waals surface area contributed by atoms with Crippen molar-refractivity contribution in [2.75, 3.05) is 39.8 Å². The number of furan rings is 1. The highest BCUT2D eigenvalue weighted by Gasteiger charge is 2.24.